The molecule has 2 fully saturated rings. The first-order valence-corrected chi connectivity index (χ1v) is 22.8. The summed E-state index contributed by atoms with van der Waals surface area (Å²) in [5.74, 6) is -7.43. The van der Waals surface area contributed by atoms with Gasteiger partial charge in [0, 0.05) is 19.6 Å². The van der Waals surface area contributed by atoms with Crippen LogP contribution in [0.5, 0.6) is 0 Å². The summed E-state index contributed by atoms with van der Waals surface area (Å²) in [7, 11) is 0. The average molecular weight is 955 g/mol. The standard InChI is InChI=1S/C41H74N14O12/c1-22(49-36(62)29-14-9-19-54(29)38(64)25(44)21-56)32(58)48-23(2)33(59)50-27(12-5-7-17-43)35(61)53-31(24(3)57)39(65)55-20-10-15-30(55)37(63)51-26(11-4-6-16-42)34(60)52-28(40(66)67)13-8-18-47-41(45)46/h22-31,56-57H,4-21,42-44H2,1-3H3,(H,48,58)(H,49,62)(H,50,59)(H,51,63)(H,52,60)(H,53,61)(H,66,67)(H4,45,46,47). The maximum atomic E-state index is 14.1. The summed E-state index contributed by atoms with van der Waals surface area (Å²) >= 11 is 0. The fraction of sp³-hybridized carbons (Fsp3) is 0.756. The molecule has 0 aromatic carbocycles. The van der Waals surface area contributed by atoms with Crippen LogP contribution >= 0.6 is 0 Å². The normalized spacial score (nSPS) is 19.3. The molecule has 0 aliphatic carbocycles. The van der Waals surface area contributed by atoms with Gasteiger partial charge in [-0.2, -0.15) is 0 Å². The average Bonchev–Trinajstić information content (AvgIpc) is 3.99. The van der Waals surface area contributed by atoms with Gasteiger partial charge in [0.25, 0.3) is 0 Å². The van der Waals surface area contributed by atoms with E-state index in [9.17, 15) is 58.5 Å². The van der Waals surface area contributed by atoms with Crippen LogP contribution in [-0.2, 0) is 43.2 Å². The number of aliphatic hydroxyl groups excluding tert-OH is 2. The molecule has 0 spiro atoms. The Morgan fingerprint density at radius 2 is 1.09 bits per heavy atom. The minimum Gasteiger partial charge on any atom is -0.480 e. The van der Waals surface area contributed by atoms with Gasteiger partial charge >= 0.3 is 5.97 Å². The van der Waals surface area contributed by atoms with Gasteiger partial charge in [0.2, 0.25) is 47.3 Å². The number of aliphatic carboxylic acids is 1. The third kappa shape index (κ3) is 18.5. The number of hydrogen-bond acceptors (Lipinski definition) is 15. The first kappa shape index (κ1) is 57.4. The molecule has 67 heavy (non-hydrogen) atoms. The Kier molecular flexibility index (Phi) is 25.0. The van der Waals surface area contributed by atoms with Gasteiger partial charge in [-0.15, -0.1) is 0 Å². The van der Waals surface area contributed by atoms with Crippen molar-refractivity contribution < 1.29 is 58.5 Å². The summed E-state index contributed by atoms with van der Waals surface area (Å²) in [6.45, 7) is 4.36. The van der Waals surface area contributed by atoms with E-state index in [2.05, 4.69) is 36.9 Å². The number of amides is 8. The van der Waals surface area contributed by atoms with E-state index in [1.165, 1.54) is 30.6 Å². The molecule has 10 unspecified atom stereocenters. The second-order valence-corrected chi connectivity index (χ2v) is 16.9. The lowest BCUT2D eigenvalue weighted by Crippen LogP contribution is -2.61. The summed E-state index contributed by atoms with van der Waals surface area (Å²) in [4.78, 5) is 126. The molecular weight excluding hydrogens is 881 g/mol. The van der Waals surface area contributed by atoms with Crippen LogP contribution in [0.25, 0.3) is 0 Å². The second kappa shape index (κ2) is 29.1. The molecule has 2 rings (SSSR count). The lowest BCUT2D eigenvalue weighted by Gasteiger charge is -2.32. The predicted octanol–water partition coefficient (Wildman–Crippen LogP) is -5.99. The highest BCUT2D eigenvalue weighted by atomic mass is 16.4. The zero-order valence-electron chi connectivity index (χ0n) is 38.7. The summed E-state index contributed by atoms with van der Waals surface area (Å²) in [6.07, 6.45) is 1.92. The van der Waals surface area contributed by atoms with Gasteiger partial charge in [-0.05, 0) is 111 Å². The van der Waals surface area contributed by atoms with Crippen molar-refractivity contribution in [2.24, 2.45) is 33.7 Å². The van der Waals surface area contributed by atoms with Gasteiger partial charge in [-0.3, -0.25) is 43.3 Å². The molecule has 380 valence electrons. The van der Waals surface area contributed by atoms with E-state index in [4.69, 9.17) is 28.7 Å². The quantitative estimate of drug-likeness (QED) is 0.0189. The number of nitrogens with one attached hydrogen (secondary N) is 6. The smallest absolute Gasteiger partial charge is 0.326 e. The van der Waals surface area contributed by atoms with E-state index in [0.717, 1.165) is 0 Å². The zero-order valence-corrected chi connectivity index (χ0v) is 38.7. The number of carbonyl (C=O) groups excluding carboxylic acids is 8. The number of carboxylic acids is 1. The molecular formula is C41H74N14O12. The SMILES string of the molecule is CC(NC(=O)C(C)NC(=O)C1CCCN1C(=O)C(N)CO)C(=O)NC(CCCCN)C(=O)NC(C(=O)N1CCCC1C(=O)NC(CCCCN)C(=O)NC(CCCN=C(N)N)C(=O)O)C(C)O. The van der Waals surface area contributed by atoms with Crippen LogP contribution in [0.2, 0.25) is 0 Å². The van der Waals surface area contributed by atoms with Gasteiger partial charge in [0.15, 0.2) is 5.96 Å². The molecule has 2 saturated heterocycles. The lowest BCUT2D eigenvalue weighted by atomic mass is 10.0. The van der Waals surface area contributed by atoms with Crippen LogP contribution in [0.1, 0.15) is 97.8 Å². The number of aliphatic hydroxyl groups is 2. The molecule has 0 radical (unpaired) electrons. The third-order valence-electron chi connectivity index (χ3n) is 11.5. The first-order chi connectivity index (χ1) is 31.7. The van der Waals surface area contributed by atoms with E-state index < -0.39 is 120 Å². The Morgan fingerprint density at radius 1 is 0.627 bits per heavy atom. The van der Waals surface area contributed by atoms with Crippen molar-refractivity contribution in [2.45, 2.75) is 158 Å². The van der Waals surface area contributed by atoms with E-state index in [-0.39, 0.29) is 64.2 Å². The lowest BCUT2D eigenvalue weighted by molar-refractivity contribution is -0.145. The molecule has 10 atom stereocenters. The third-order valence-corrected chi connectivity index (χ3v) is 11.5. The van der Waals surface area contributed by atoms with Crippen LogP contribution in [0.4, 0.5) is 0 Å². The number of likely N-dealkylation sites (tertiary alicyclic amines) is 2. The fourth-order valence-corrected chi connectivity index (χ4v) is 7.62. The molecule has 26 nitrogen and oxygen atoms in total. The maximum Gasteiger partial charge on any atom is 0.326 e. The molecule has 2 aliphatic heterocycles. The zero-order chi connectivity index (χ0) is 50.4. The molecule has 0 aromatic heterocycles. The van der Waals surface area contributed by atoms with Crippen molar-refractivity contribution in [3.63, 3.8) is 0 Å². The highest BCUT2D eigenvalue weighted by Crippen LogP contribution is 2.21. The Bertz CT molecular complexity index is 1730. The highest BCUT2D eigenvalue weighted by molar-refractivity contribution is 5.98. The largest absolute Gasteiger partial charge is 0.480 e. The van der Waals surface area contributed by atoms with E-state index in [1.54, 1.807) is 0 Å². The number of hydrogen-bond donors (Lipinski definition) is 14. The topological polar surface area (TPSA) is 435 Å². The molecule has 2 aliphatic rings. The molecule has 8 amide bonds. The van der Waals surface area contributed by atoms with E-state index >= 15 is 0 Å². The monoisotopic (exact) mass is 955 g/mol. The van der Waals surface area contributed by atoms with Gasteiger partial charge in [-0.25, -0.2) is 4.79 Å². The number of carboxylic acid groups (broad SMARTS) is 1. The minimum absolute atomic E-state index is 0.0119. The van der Waals surface area contributed by atoms with Gasteiger partial charge in [-0.1, -0.05) is 0 Å². The summed E-state index contributed by atoms with van der Waals surface area (Å²) in [6, 6.07) is -11.1. The van der Waals surface area contributed by atoms with Gasteiger partial charge in [0.1, 0.15) is 54.4 Å². The number of carbonyl (C=O) groups is 9. The Balaban J connectivity index is 2.16. The van der Waals surface area contributed by atoms with Crippen molar-refractivity contribution in [1.82, 2.24) is 41.7 Å². The molecule has 0 aromatic rings. The van der Waals surface area contributed by atoms with Crippen molar-refractivity contribution in [3.05, 3.63) is 0 Å². The number of rotatable bonds is 29. The summed E-state index contributed by atoms with van der Waals surface area (Å²) in [5.41, 5.74) is 27.6. The molecule has 0 bridgehead atoms. The van der Waals surface area contributed by atoms with Crippen LogP contribution in [0, 0.1) is 0 Å². The van der Waals surface area contributed by atoms with Crippen molar-refractivity contribution in [1.29, 1.82) is 0 Å². The fourth-order valence-electron chi connectivity index (χ4n) is 7.62. The van der Waals surface area contributed by atoms with Gasteiger partial charge < -0.3 is 85.7 Å². The molecule has 0 saturated carbocycles. The van der Waals surface area contributed by atoms with Crippen LogP contribution in [0.3, 0.4) is 0 Å². The molecule has 2 heterocycles. The van der Waals surface area contributed by atoms with Crippen LogP contribution in [-0.4, -0.2) is 184 Å². The van der Waals surface area contributed by atoms with E-state index in [0.29, 0.717) is 51.5 Å². The van der Waals surface area contributed by atoms with Gasteiger partial charge in [0.05, 0.1) is 12.7 Å². The molecule has 26 heteroatoms. The minimum atomic E-state index is -1.60. The Hall–Kier alpha value is -5.70. The van der Waals surface area contributed by atoms with Crippen molar-refractivity contribution in [3.8, 4) is 0 Å². The van der Waals surface area contributed by atoms with Crippen molar-refractivity contribution >= 4 is 59.2 Å². The number of nitrogens with two attached hydrogens (primary N) is 5. The van der Waals surface area contributed by atoms with Crippen LogP contribution < -0.4 is 60.6 Å². The molecule has 19 N–H and O–H groups in total. The number of unbranched alkanes of at least 4 members (excludes halogenated alkanes) is 2. The van der Waals surface area contributed by atoms with Crippen LogP contribution in [0.15, 0.2) is 4.99 Å². The number of aliphatic imine (C=N–C) groups is 1. The second-order valence-electron chi connectivity index (χ2n) is 16.9. The number of nitrogens with zero attached hydrogens (tertiary/aromatic N) is 3. The summed E-state index contributed by atoms with van der Waals surface area (Å²) < 4.78 is 0. The predicted molar refractivity (Wildman–Crippen MR) is 243 cm³/mol. The Morgan fingerprint density at radius 3 is 1.60 bits per heavy atom. The summed E-state index contributed by atoms with van der Waals surface area (Å²) in [5, 5.41) is 45.1. The van der Waals surface area contributed by atoms with Crippen molar-refractivity contribution in [2.75, 3.05) is 39.3 Å². The van der Waals surface area contributed by atoms with E-state index in [1.807, 2.05) is 0 Å². The maximum absolute atomic E-state index is 14.1. The Labute approximate surface area is 390 Å². The number of guanidine groups is 1. The first-order valence-electron chi connectivity index (χ1n) is 22.8. The highest BCUT2D eigenvalue weighted by Gasteiger charge is 2.42.